The number of esters is 1. The Balaban J connectivity index is 1.49. The number of rotatable bonds is 7. The maximum absolute atomic E-state index is 15.0. The molecule has 0 heterocycles. The van der Waals surface area contributed by atoms with E-state index in [-0.39, 0.29) is 12.4 Å². The lowest BCUT2D eigenvalue weighted by Crippen LogP contribution is -2.37. The van der Waals surface area contributed by atoms with Crippen LogP contribution in [0.4, 0.5) is 4.39 Å². The van der Waals surface area contributed by atoms with Gasteiger partial charge in [0.25, 0.3) is 0 Å². The number of terminal acetylenes is 1. The highest BCUT2D eigenvalue weighted by atomic mass is 32.2. The van der Waals surface area contributed by atoms with Crippen LogP contribution >= 0.6 is 0 Å². The summed E-state index contributed by atoms with van der Waals surface area (Å²) < 4.78 is 26.0. The summed E-state index contributed by atoms with van der Waals surface area (Å²) in [5.74, 6) is 1.55. The van der Waals surface area contributed by atoms with Gasteiger partial charge >= 0.3 is 5.97 Å². The molecule has 1 saturated carbocycles. The number of hydrogen-bond acceptors (Lipinski definition) is 3. The van der Waals surface area contributed by atoms with Crippen LogP contribution in [0.15, 0.2) is 93.5 Å². The summed E-state index contributed by atoms with van der Waals surface area (Å²) in [4.78, 5) is 15.3. The van der Waals surface area contributed by atoms with Crippen molar-refractivity contribution < 1.29 is 18.7 Å². The number of halogens is 1. The molecule has 0 aromatic heterocycles. The van der Waals surface area contributed by atoms with Gasteiger partial charge in [-0.3, -0.25) is 0 Å². The van der Waals surface area contributed by atoms with Gasteiger partial charge in [-0.25, -0.2) is 9.18 Å². The van der Waals surface area contributed by atoms with Gasteiger partial charge in [-0.2, -0.15) is 0 Å². The first kappa shape index (κ1) is 22.9. The van der Waals surface area contributed by atoms with E-state index in [0.29, 0.717) is 12.8 Å². The number of carbonyl (C=O) groups is 1. The largest absolute Gasteiger partial charge is 0.479 e. The summed E-state index contributed by atoms with van der Waals surface area (Å²) in [6.45, 7) is -0.386. The van der Waals surface area contributed by atoms with E-state index in [0.717, 1.165) is 33.9 Å². The van der Waals surface area contributed by atoms with Gasteiger partial charge in [0.1, 0.15) is 0 Å². The first-order valence-corrected chi connectivity index (χ1v) is 12.3. The SMILES string of the molecule is C#CC1(OC(=O)COc2ccc([S+](c3ccccc3)c3ccccc3)cc2F)CCCCC1. The molecule has 0 radical (unpaired) electrons. The zero-order valence-electron chi connectivity index (χ0n) is 18.3. The molecule has 0 saturated heterocycles. The minimum atomic E-state index is -0.860. The van der Waals surface area contributed by atoms with Crippen LogP contribution < -0.4 is 4.74 Å². The van der Waals surface area contributed by atoms with E-state index < -0.39 is 28.3 Å². The normalized spacial score (nSPS) is 14.9. The molecule has 0 amide bonds. The van der Waals surface area contributed by atoms with Gasteiger partial charge in [0.05, 0.1) is 10.9 Å². The molecule has 3 aromatic carbocycles. The van der Waals surface area contributed by atoms with Crippen molar-refractivity contribution in [3.05, 3.63) is 84.7 Å². The molecule has 1 aliphatic carbocycles. The van der Waals surface area contributed by atoms with Crippen molar-refractivity contribution in [2.75, 3.05) is 6.61 Å². The van der Waals surface area contributed by atoms with Crippen molar-refractivity contribution in [1.29, 1.82) is 0 Å². The molecule has 168 valence electrons. The molecular weight excluding hydrogens is 435 g/mol. The third kappa shape index (κ3) is 5.58. The fourth-order valence-corrected chi connectivity index (χ4v) is 6.13. The highest BCUT2D eigenvalue weighted by molar-refractivity contribution is 7.97. The highest BCUT2D eigenvalue weighted by Crippen LogP contribution is 2.34. The van der Waals surface area contributed by atoms with Crippen LogP contribution in [0.5, 0.6) is 5.75 Å². The molecule has 0 aliphatic heterocycles. The van der Waals surface area contributed by atoms with Gasteiger partial charge in [-0.05, 0) is 62.1 Å². The topological polar surface area (TPSA) is 35.5 Å². The molecule has 0 spiro atoms. The lowest BCUT2D eigenvalue weighted by Gasteiger charge is -2.31. The summed E-state index contributed by atoms with van der Waals surface area (Å²) >= 11 is 0. The van der Waals surface area contributed by atoms with Crippen molar-refractivity contribution >= 4 is 16.9 Å². The molecule has 0 unspecified atom stereocenters. The molecule has 0 N–H and O–H groups in total. The summed E-state index contributed by atoms with van der Waals surface area (Å²) in [5.41, 5.74) is -0.860. The van der Waals surface area contributed by atoms with Crippen LogP contribution in [0.25, 0.3) is 0 Å². The minimum Gasteiger partial charge on any atom is -0.479 e. The third-order valence-corrected chi connectivity index (χ3v) is 7.89. The molecular formula is C28H26FO3S+. The fourth-order valence-electron chi connectivity index (χ4n) is 4.03. The molecule has 4 rings (SSSR count). The maximum atomic E-state index is 15.0. The first-order chi connectivity index (χ1) is 16.1. The van der Waals surface area contributed by atoms with E-state index in [1.54, 1.807) is 6.07 Å². The summed E-state index contributed by atoms with van der Waals surface area (Å²) in [6.07, 6.45) is 9.88. The Hall–Kier alpha value is -3.23. The lowest BCUT2D eigenvalue weighted by atomic mass is 9.85. The van der Waals surface area contributed by atoms with E-state index in [2.05, 4.69) is 5.92 Å². The van der Waals surface area contributed by atoms with Crippen molar-refractivity contribution in [3.8, 4) is 18.1 Å². The van der Waals surface area contributed by atoms with E-state index in [1.807, 2.05) is 66.7 Å². The predicted octanol–water partition coefficient (Wildman–Crippen LogP) is 6.18. The Labute approximate surface area is 197 Å². The Bertz CT molecular complexity index is 1080. The second-order valence-electron chi connectivity index (χ2n) is 7.99. The average Bonchev–Trinajstić information content (AvgIpc) is 2.85. The second kappa shape index (κ2) is 10.6. The molecule has 1 fully saturated rings. The Morgan fingerprint density at radius 3 is 2.06 bits per heavy atom. The average molecular weight is 462 g/mol. The van der Waals surface area contributed by atoms with Crippen molar-refractivity contribution in [1.82, 2.24) is 0 Å². The Morgan fingerprint density at radius 2 is 1.52 bits per heavy atom. The summed E-state index contributed by atoms with van der Waals surface area (Å²) in [6, 6.07) is 24.9. The van der Waals surface area contributed by atoms with Crippen LogP contribution in [0.1, 0.15) is 32.1 Å². The number of hydrogen-bond donors (Lipinski definition) is 0. The Morgan fingerprint density at radius 1 is 0.909 bits per heavy atom. The van der Waals surface area contributed by atoms with Crippen molar-refractivity contribution in [2.24, 2.45) is 0 Å². The van der Waals surface area contributed by atoms with Gasteiger partial charge < -0.3 is 9.47 Å². The highest BCUT2D eigenvalue weighted by Gasteiger charge is 2.34. The molecule has 3 aromatic rings. The van der Waals surface area contributed by atoms with E-state index in [9.17, 15) is 9.18 Å². The standard InChI is InChI=1S/C28H26FO3S/c1-2-28(18-10-5-11-19-28)32-27(30)21-31-26-17-16-24(20-25(26)29)33(22-12-6-3-7-13-22)23-14-8-4-9-15-23/h1,3-4,6-9,12-17,20H,5,10-11,18-19,21H2/q+1. The van der Waals surface area contributed by atoms with Crippen LogP contribution in [0, 0.1) is 18.2 Å². The predicted molar refractivity (Wildman–Crippen MR) is 128 cm³/mol. The van der Waals surface area contributed by atoms with Crippen molar-refractivity contribution in [3.63, 3.8) is 0 Å². The zero-order valence-corrected chi connectivity index (χ0v) is 19.2. The molecule has 3 nitrogen and oxygen atoms in total. The Kier molecular flexibility index (Phi) is 7.36. The monoisotopic (exact) mass is 461 g/mol. The molecule has 33 heavy (non-hydrogen) atoms. The summed E-state index contributed by atoms with van der Waals surface area (Å²) in [5, 5.41) is 0. The number of benzene rings is 3. The van der Waals surface area contributed by atoms with E-state index >= 15 is 0 Å². The van der Waals surface area contributed by atoms with Gasteiger partial charge in [0.2, 0.25) is 0 Å². The minimum absolute atomic E-state index is 0.0128. The van der Waals surface area contributed by atoms with Gasteiger partial charge in [0, 0.05) is 6.07 Å². The molecule has 5 heteroatoms. The van der Waals surface area contributed by atoms with Crippen LogP contribution in [0.2, 0.25) is 0 Å². The van der Waals surface area contributed by atoms with E-state index in [4.69, 9.17) is 15.9 Å². The molecule has 0 bridgehead atoms. The lowest BCUT2D eigenvalue weighted by molar-refractivity contribution is -0.159. The molecule has 0 atom stereocenters. The van der Waals surface area contributed by atoms with Gasteiger partial charge in [0.15, 0.2) is 38.5 Å². The first-order valence-electron chi connectivity index (χ1n) is 11.1. The maximum Gasteiger partial charge on any atom is 0.345 e. The van der Waals surface area contributed by atoms with Gasteiger partial charge in [-0.15, -0.1) is 6.42 Å². The van der Waals surface area contributed by atoms with E-state index in [1.165, 1.54) is 6.07 Å². The fraction of sp³-hybridized carbons (Fsp3) is 0.250. The van der Waals surface area contributed by atoms with Crippen LogP contribution in [-0.4, -0.2) is 18.2 Å². The zero-order chi connectivity index (χ0) is 23.1. The second-order valence-corrected chi connectivity index (χ2v) is 10.0. The molecule has 1 aliphatic rings. The quantitative estimate of drug-likeness (QED) is 0.239. The van der Waals surface area contributed by atoms with Crippen LogP contribution in [-0.2, 0) is 20.4 Å². The summed E-state index contributed by atoms with van der Waals surface area (Å²) in [7, 11) is -0.467. The van der Waals surface area contributed by atoms with Gasteiger partial charge in [-0.1, -0.05) is 48.7 Å². The smallest absolute Gasteiger partial charge is 0.345 e. The number of ether oxygens (including phenoxy) is 2. The third-order valence-electron chi connectivity index (χ3n) is 5.68. The van der Waals surface area contributed by atoms with Crippen molar-refractivity contribution in [2.45, 2.75) is 52.4 Å². The number of carbonyl (C=O) groups excluding carboxylic acids is 1. The van der Waals surface area contributed by atoms with Crippen LogP contribution in [0.3, 0.4) is 0 Å².